The third-order valence-electron chi connectivity index (χ3n) is 3.61. The fourth-order valence-corrected chi connectivity index (χ4v) is 2.70. The van der Waals surface area contributed by atoms with Gasteiger partial charge in [-0.3, -0.25) is 4.98 Å². The number of hydrogen-bond acceptors (Lipinski definition) is 6. The number of aromatic nitrogens is 3. The van der Waals surface area contributed by atoms with Gasteiger partial charge in [0.1, 0.15) is 12.0 Å². The quantitative estimate of drug-likeness (QED) is 0.917. The molecule has 3 heterocycles. The van der Waals surface area contributed by atoms with Crippen molar-refractivity contribution < 1.29 is 4.74 Å². The number of methoxy groups -OCH3 is 1. The monoisotopic (exact) mass is 271 g/mol. The molecule has 1 aliphatic heterocycles. The first kappa shape index (κ1) is 12.7. The maximum atomic E-state index is 6.11. The van der Waals surface area contributed by atoms with E-state index in [0.717, 1.165) is 25.2 Å². The number of rotatable bonds is 3. The zero-order chi connectivity index (χ0) is 13.9. The van der Waals surface area contributed by atoms with E-state index in [-0.39, 0.29) is 6.04 Å². The summed E-state index contributed by atoms with van der Waals surface area (Å²) in [5, 5.41) is 0. The molecule has 2 N–H and O–H groups in total. The summed E-state index contributed by atoms with van der Waals surface area (Å²) in [4.78, 5) is 14.8. The molecule has 0 saturated carbocycles. The second-order valence-electron chi connectivity index (χ2n) is 4.76. The van der Waals surface area contributed by atoms with Crippen LogP contribution in [-0.2, 0) is 0 Å². The molecule has 6 nitrogen and oxygen atoms in total. The predicted octanol–water partition coefficient (Wildman–Crippen LogP) is 1.80. The zero-order valence-electron chi connectivity index (χ0n) is 11.4. The van der Waals surface area contributed by atoms with Crippen molar-refractivity contribution in [3.8, 4) is 5.88 Å². The lowest BCUT2D eigenvalue weighted by Gasteiger charge is -2.27. The lowest BCUT2D eigenvalue weighted by molar-refractivity contribution is 0.399. The molecule has 0 aliphatic carbocycles. The van der Waals surface area contributed by atoms with Crippen LogP contribution in [-0.4, -0.2) is 28.6 Å². The van der Waals surface area contributed by atoms with Crippen molar-refractivity contribution in [3.63, 3.8) is 0 Å². The second-order valence-corrected chi connectivity index (χ2v) is 4.76. The highest BCUT2D eigenvalue weighted by atomic mass is 16.5. The SMILES string of the molecule is COc1ncnc(N2CCCC2c2cccnc2)c1N. The molecular formula is C14H17N5O. The number of anilines is 2. The molecular weight excluding hydrogens is 254 g/mol. The maximum Gasteiger partial charge on any atom is 0.242 e. The van der Waals surface area contributed by atoms with Crippen LogP contribution in [0.2, 0.25) is 0 Å². The van der Waals surface area contributed by atoms with Crippen molar-refractivity contribution in [1.82, 2.24) is 15.0 Å². The van der Waals surface area contributed by atoms with Crippen LogP contribution < -0.4 is 15.4 Å². The summed E-state index contributed by atoms with van der Waals surface area (Å²) in [6, 6.07) is 4.30. The Morgan fingerprint density at radius 2 is 2.30 bits per heavy atom. The number of nitrogen functional groups attached to an aromatic ring is 1. The highest BCUT2D eigenvalue weighted by Gasteiger charge is 2.29. The Labute approximate surface area is 117 Å². The highest BCUT2D eigenvalue weighted by Crippen LogP contribution is 2.39. The fourth-order valence-electron chi connectivity index (χ4n) is 2.70. The molecule has 1 aliphatic rings. The molecule has 2 aromatic rings. The number of pyridine rings is 1. The smallest absolute Gasteiger partial charge is 0.242 e. The Morgan fingerprint density at radius 3 is 3.05 bits per heavy atom. The van der Waals surface area contributed by atoms with Crippen LogP contribution in [0.4, 0.5) is 11.5 Å². The molecule has 1 unspecified atom stereocenters. The van der Waals surface area contributed by atoms with Crippen molar-refractivity contribution in [2.24, 2.45) is 0 Å². The van der Waals surface area contributed by atoms with E-state index in [0.29, 0.717) is 11.6 Å². The first-order chi connectivity index (χ1) is 9.81. The molecule has 1 fully saturated rings. The number of nitrogens with zero attached hydrogens (tertiary/aromatic N) is 4. The van der Waals surface area contributed by atoms with Crippen LogP contribution in [0.25, 0.3) is 0 Å². The van der Waals surface area contributed by atoms with E-state index in [1.54, 1.807) is 13.3 Å². The van der Waals surface area contributed by atoms with Crippen LogP contribution in [0.15, 0.2) is 30.9 Å². The van der Waals surface area contributed by atoms with Gasteiger partial charge in [0, 0.05) is 18.9 Å². The Hall–Kier alpha value is -2.37. The first-order valence-corrected chi connectivity index (χ1v) is 6.62. The Balaban J connectivity index is 1.97. The standard InChI is InChI=1S/C14H17N5O/c1-20-14-12(15)13(17-9-18-14)19-7-3-5-11(19)10-4-2-6-16-8-10/h2,4,6,8-9,11H,3,5,7,15H2,1H3. The second kappa shape index (κ2) is 5.32. The van der Waals surface area contributed by atoms with Gasteiger partial charge in [0.25, 0.3) is 0 Å². The minimum absolute atomic E-state index is 0.255. The van der Waals surface area contributed by atoms with E-state index in [4.69, 9.17) is 10.5 Å². The summed E-state index contributed by atoms with van der Waals surface area (Å²) in [6.07, 6.45) is 7.34. The molecule has 0 spiro atoms. The van der Waals surface area contributed by atoms with E-state index in [2.05, 4.69) is 25.9 Å². The van der Waals surface area contributed by atoms with Crippen molar-refractivity contribution in [3.05, 3.63) is 36.4 Å². The van der Waals surface area contributed by atoms with Crippen LogP contribution in [0.1, 0.15) is 24.4 Å². The lowest BCUT2D eigenvalue weighted by atomic mass is 10.1. The molecule has 2 aromatic heterocycles. The van der Waals surface area contributed by atoms with Gasteiger partial charge in [0.15, 0.2) is 5.82 Å². The number of hydrogen-bond donors (Lipinski definition) is 1. The molecule has 0 aromatic carbocycles. The minimum Gasteiger partial charge on any atom is -0.479 e. The number of ether oxygens (including phenoxy) is 1. The Morgan fingerprint density at radius 1 is 1.40 bits per heavy atom. The molecule has 104 valence electrons. The summed E-state index contributed by atoms with van der Waals surface area (Å²) >= 11 is 0. The van der Waals surface area contributed by atoms with Crippen molar-refractivity contribution in [1.29, 1.82) is 0 Å². The first-order valence-electron chi connectivity index (χ1n) is 6.62. The summed E-state index contributed by atoms with van der Waals surface area (Å²) in [6.45, 7) is 0.921. The lowest BCUT2D eigenvalue weighted by Crippen LogP contribution is -2.25. The van der Waals surface area contributed by atoms with Crippen molar-refractivity contribution in [2.75, 3.05) is 24.3 Å². The predicted molar refractivity (Wildman–Crippen MR) is 76.6 cm³/mol. The summed E-state index contributed by atoms with van der Waals surface area (Å²) in [7, 11) is 1.56. The molecule has 3 rings (SSSR count). The summed E-state index contributed by atoms with van der Waals surface area (Å²) in [5.74, 6) is 1.16. The van der Waals surface area contributed by atoms with E-state index < -0.39 is 0 Å². The zero-order valence-corrected chi connectivity index (χ0v) is 11.4. The Bertz CT molecular complexity index is 589. The van der Waals surface area contributed by atoms with Gasteiger partial charge < -0.3 is 15.4 Å². The minimum atomic E-state index is 0.255. The molecule has 0 bridgehead atoms. The van der Waals surface area contributed by atoms with Gasteiger partial charge in [-0.25, -0.2) is 4.98 Å². The van der Waals surface area contributed by atoms with Gasteiger partial charge in [-0.2, -0.15) is 4.98 Å². The number of nitrogens with two attached hydrogens (primary N) is 1. The maximum absolute atomic E-state index is 6.11. The van der Waals surface area contributed by atoms with Crippen LogP contribution in [0.3, 0.4) is 0 Å². The third-order valence-corrected chi connectivity index (χ3v) is 3.61. The van der Waals surface area contributed by atoms with Crippen molar-refractivity contribution in [2.45, 2.75) is 18.9 Å². The van der Waals surface area contributed by atoms with Crippen LogP contribution >= 0.6 is 0 Å². The van der Waals surface area contributed by atoms with Gasteiger partial charge >= 0.3 is 0 Å². The van der Waals surface area contributed by atoms with E-state index >= 15 is 0 Å². The van der Waals surface area contributed by atoms with Crippen molar-refractivity contribution >= 4 is 11.5 Å². The molecule has 0 radical (unpaired) electrons. The molecule has 6 heteroatoms. The van der Waals surface area contributed by atoms with Crippen LogP contribution in [0.5, 0.6) is 5.88 Å². The van der Waals surface area contributed by atoms with Gasteiger partial charge in [0.05, 0.1) is 13.2 Å². The largest absolute Gasteiger partial charge is 0.479 e. The van der Waals surface area contributed by atoms with Gasteiger partial charge in [-0.1, -0.05) is 6.07 Å². The highest BCUT2D eigenvalue weighted by molar-refractivity contribution is 5.68. The average molecular weight is 271 g/mol. The van der Waals surface area contributed by atoms with Gasteiger partial charge in [-0.15, -0.1) is 0 Å². The Kier molecular flexibility index (Phi) is 3.37. The molecule has 0 amide bonds. The molecule has 1 atom stereocenters. The summed E-state index contributed by atoms with van der Waals surface area (Å²) in [5.41, 5.74) is 7.78. The average Bonchev–Trinajstić information content (AvgIpc) is 2.97. The van der Waals surface area contributed by atoms with E-state index in [9.17, 15) is 0 Å². The van der Waals surface area contributed by atoms with E-state index in [1.165, 1.54) is 11.9 Å². The third kappa shape index (κ3) is 2.13. The molecule has 20 heavy (non-hydrogen) atoms. The fraction of sp³-hybridized carbons (Fsp3) is 0.357. The summed E-state index contributed by atoms with van der Waals surface area (Å²) < 4.78 is 5.17. The van der Waals surface area contributed by atoms with E-state index in [1.807, 2.05) is 12.3 Å². The molecule has 1 saturated heterocycles. The normalized spacial score (nSPS) is 18.2. The van der Waals surface area contributed by atoms with Gasteiger partial charge in [0.2, 0.25) is 5.88 Å². The van der Waals surface area contributed by atoms with Crippen LogP contribution in [0, 0.1) is 0 Å². The topological polar surface area (TPSA) is 77.2 Å². The van der Waals surface area contributed by atoms with Gasteiger partial charge in [-0.05, 0) is 24.5 Å².